The molecule has 0 unspecified atom stereocenters. The molecule has 1 saturated carbocycles. The van der Waals surface area contributed by atoms with E-state index in [0.717, 1.165) is 31.4 Å². The van der Waals surface area contributed by atoms with Gasteiger partial charge in [-0.15, -0.1) is 0 Å². The summed E-state index contributed by atoms with van der Waals surface area (Å²) in [6.45, 7) is 5.09. The lowest BCUT2D eigenvalue weighted by Crippen LogP contribution is -2.47. The molecule has 3 rings (SSSR count). The molecule has 1 aromatic heterocycles. The third kappa shape index (κ3) is 2.77. The van der Waals surface area contributed by atoms with Crippen LogP contribution >= 0.6 is 11.6 Å². The van der Waals surface area contributed by atoms with Crippen LogP contribution in [0.4, 0.5) is 0 Å². The van der Waals surface area contributed by atoms with Crippen LogP contribution in [0.1, 0.15) is 38.7 Å². The monoisotopic (exact) mass is 319 g/mol. The Morgan fingerprint density at radius 3 is 2.68 bits per heavy atom. The number of nitrogens with zero attached hydrogens (tertiary/aromatic N) is 3. The zero-order chi connectivity index (χ0) is 15.8. The normalized spacial score (nSPS) is 27.7. The molecule has 4 nitrogen and oxygen atoms in total. The van der Waals surface area contributed by atoms with Crippen molar-refractivity contribution in [3.63, 3.8) is 0 Å². The first kappa shape index (κ1) is 15.5. The topological polar surface area (TPSA) is 50.9 Å². The highest BCUT2D eigenvalue weighted by molar-refractivity contribution is 6.30. The summed E-state index contributed by atoms with van der Waals surface area (Å²) >= 11 is 5.99. The van der Waals surface area contributed by atoms with Gasteiger partial charge in [-0.25, -0.2) is 4.98 Å². The lowest BCUT2D eigenvalue weighted by Gasteiger charge is -2.49. The minimum absolute atomic E-state index is 0.167. The van der Waals surface area contributed by atoms with E-state index >= 15 is 0 Å². The van der Waals surface area contributed by atoms with Crippen molar-refractivity contribution in [2.75, 3.05) is 0 Å². The Morgan fingerprint density at radius 1 is 1.32 bits per heavy atom. The van der Waals surface area contributed by atoms with E-state index in [0.29, 0.717) is 10.9 Å². The molecular weight excluding hydrogens is 298 g/mol. The first-order chi connectivity index (χ1) is 10.4. The Bertz CT molecular complexity index is 624. The number of halogens is 1. The van der Waals surface area contributed by atoms with Crippen LogP contribution in [0.2, 0.25) is 5.02 Å². The van der Waals surface area contributed by atoms with Gasteiger partial charge in [-0.1, -0.05) is 37.6 Å². The molecule has 1 heterocycles. The van der Waals surface area contributed by atoms with E-state index in [2.05, 4.69) is 23.9 Å². The summed E-state index contributed by atoms with van der Waals surface area (Å²) in [6.07, 6.45) is 6.08. The van der Waals surface area contributed by atoms with Crippen LogP contribution in [0.25, 0.3) is 0 Å². The first-order valence-electron chi connectivity index (χ1n) is 7.71. The molecule has 1 N–H and O–H groups in total. The van der Waals surface area contributed by atoms with Gasteiger partial charge >= 0.3 is 0 Å². The number of hydrogen-bond acceptors (Lipinski definition) is 3. The second-order valence-electron chi connectivity index (χ2n) is 6.98. The molecule has 1 aliphatic rings. The molecule has 0 aliphatic heterocycles. The number of rotatable bonds is 3. The van der Waals surface area contributed by atoms with E-state index < -0.39 is 5.60 Å². The lowest BCUT2D eigenvalue weighted by atomic mass is 9.60. The molecule has 0 radical (unpaired) electrons. The SMILES string of the molecule is CC1(C)CC[C@H](Cn2cncn2)C[C@]1(O)c1ccc(Cl)cc1. The summed E-state index contributed by atoms with van der Waals surface area (Å²) in [7, 11) is 0. The Morgan fingerprint density at radius 2 is 2.05 bits per heavy atom. The Labute approximate surface area is 136 Å². The highest BCUT2D eigenvalue weighted by atomic mass is 35.5. The van der Waals surface area contributed by atoms with Crippen LogP contribution in [0, 0.1) is 11.3 Å². The van der Waals surface area contributed by atoms with Crippen LogP contribution in [0.15, 0.2) is 36.9 Å². The summed E-state index contributed by atoms with van der Waals surface area (Å²) in [6, 6.07) is 7.60. The van der Waals surface area contributed by atoms with Crippen LogP contribution < -0.4 is 0 Å². The third-order valence-electron chi connectivity index (χ3n) is 5.11. The van der Waals surface area contributed by atoms with Gasteiger partial charge in [-0.05, 0) is 48.3 Å². The molecule has 1 fully saturated rings. The maximum atomic E-state index is 11.5. The number of aromatic nitrogens is 3. The molecule has 0 amide bonds. The number of benzene rings is 1. The Hall–Kier alpha value is -1.39. The van der Waals surface area contributed by atoms with Gasteiger partial charge in [-0.3, -0.25) is 4.68 Å². The van der Waals surface area contributed by atoms with E-state index in [9.17, 15) is 5.11 Å². The molecule has 2 aromatic rings. The van der Waals surface area contributed by atoms with Gasteiger partial charge in [0.25, 0.3) is 0 Å². The smallest absolute Gasteiger partial charge is 0.137 e. The van der Waals surface area contributed by atoms with Crippen molar-refractivity contribution in [1.82, 2.24) is 14.8 Å². The maximum absolute atomic E-state index is 11.5. The molecule has 0 bridgehead atoms. The Kier molecular flexibility index (Phi) is 4.00. The van der Waals surface area contributed by atoms with E-state index in [1.165, 1.54) is 0 Å². The molecule has 0 spiro atoms. The van der Waals surface area contributed by atoms with Crippen molar-refractivity contribution < 1.29 is 5.11 Å². The van der Waals surface area contributed by atoms with Gasteiger partial charge in [0.05, 0.1) is 5.60 Å². The van der Waals surface area contributed by atoms with Crippen molar-refractivity contribution in [3.8, 4) is 0 Å². The summed E-state index contributed by atoms with van der Waals surface area (Å²) in [5.41, 5.74) is -0.0639. The largest absolute Gasteiger partial charge is 0.385 e. The minimum Gasteiger partial charge on any atom is -0.385 e. The second-order valence-corrected chi connectivity index (χ2v) is 7.41. The summed E-state index contributed by atoms with van der Waals surface area (Å²) in [4.78, 5) is 4.00. The van der Waals surface area contributed by atoms with Crippen LogP contribution in [0.5, 0.6) is 0 Å². The highest BCUT2D eigenvalue weighted by Gasteiger charge is 2.49. The zero-order valence-corrected chi connectivity index (χ0v) is 13.8. The predicted molar refractivity (Wildman–Crippen MR) is 86.5 cm³/mol. The molecule has 1 aliphatic carbocycles. The fourth-order valence-corrected chi connectivity index (χ4v) is 3.68. The standard InChI is InChI=1S/C17H22ClN3O/c1-16(2)8-7-13(10-21-12-19-11-20-21)9-17(16,22)14-3-5-15(18)6-4-14/h3-6,11-13,22H,7-10H2,1-2H3/t13-,17-/m0/s1. The van der Waals surface area contributed by atoms with E-state index in [-0.39, 0.29) is 5.41 Å². The molecular formula is C17H22ClN3O. The number of hydrogen-bond donors (Lipinski definition) is 1. The molecule has 1 aromatic carbocycles. The summed E-state index contributed by atoms with van der Waals surface area (Å²) in [5, 5.41) is 16.4. The van der Waals surface area contributed by atoms with Crippen molar-refractivity contribution in [2.45, 2.75) is 45.3 Å². The van der Waals surface area contributed by atoms with E-state index in [4.69, 9.17) is 11.6 Å². The Balaban J connectivity index is 1.86. The van der Waals surface area contributed by atoms with Gasteiger partial charge in [0.15, 0.2) is 0 Å². The molecule has 118 valence electrons. The highest BCUT2D eigenvalue weighted by Crippen LogP contribution is 2.52. The molecule has 22 heavy (non-hydrogen) atoms. The lowest BCUT2D eigenvalue weighted by molar-refractivity contribution is -0.122. The average Bonchev–Trinajstić information content (AvgIpc) is 2.97. The molecule has 2 atom stereocenters. The summed E-state index contributed by atoms with van der Waals surface area (Å²) in [5.74, 6) is 0.385. The van der Waals surface area contributed by atoms with Crippen molar-refractivity contribution >= 4 is 11.6 Å². The summed E-state index contributed by atoms with van der Waals surface area (Å²) < 4.78 is 1.85. The number of aliphatic hydroxyl groups is 1. The molecule has 5 heteroatoms. The third-order valence-corrected chi connectivity index (χ3v) is 5.37. The van der Waals surface area contributed by atoms with Gasteiger partial charge in [-0.2, -0.15) is 5.10 Å². The molecule has 0 saturated heterocycles. The minimum atomic E-state index is -0.846. The van der Waals surface area contributed by atoms with Crippen LogP contribution in [-0.2, 0) is 12.1 Å². The van der Waals surface area contributed by atoms with Crippen molar-refractivity contribution in [3.05, 3.63) is 47.5 Å². The second kappa shape index (κ2) is 5.67. The van der Waals surface area contributed by atoms with Gasteiger partial charge in [0.1, 0.15) is 12.7 Å². The van der Waals surface area contributed by atoms with Crippen LogP contribution in [0.3, 0.4) is 0 Å². The van der Waals surface area contributed by atoms with Crippen molar-refractivity contribution in [2.24, 2.45) is 11.3 Å². The van der Waals surface area contributed by atoms with Gasteiger partial charge in [0.2, 0.25) is 0 Å². The first-order valence-corrected chi connectivity index (χ1v) is 8.09. The van der Waals surface area contributed by atoms with Gasteiger partial charge in [0, 0.05) is 11.6 Å². The van der Waals surface area contributed by atoms with Crippen molar-refractivity contribution in [1.29, 1.82) is 0 Å². The van der Waals surface area contributed by atoms with Crippen LogP contribution in [-0.4, -0.2) is 19.9 Å². The van der Waals surface area contributed by atoms with Gasteiger partial charge < -0.3 is 5.11 Å². The predicted octanol–water partition coefficient (Wildman–Crippen LogP) is 3.65. The van der Waals surface area contributed by atoms with E-state index in [1.54, 1.807) is 12.7 Å². The quantitative estimate of drug-likeness (QED) is 0.939. The fourth-order valence-electron chi connectivity index (χ4n) is 3.55. The van der Waals surface area contributed by atoms with E-state index in [1.807, 2.05) is 28.9 Å². The maximum Gasteiger partial charge on any atom is 0.137 e. The average molecular weight is 320 g/mol. The fraction of sp³-hybridized carbons (Fsp3) is 0.529. The zero-order valence-electron chi connectivity index (χ0n) is 13.0.